The number of fused-ring (bicyclic) bond motifs is 1. The minimum atomic E-state index is 0.768. The third-order valence-corrected chi connectivity index (χ3v) is 4.82. The largest absolute Gasteiger partial charge is 0.252 e. The fraction of sp³-hybridized carbons (Fsp3) is 0.0769. The molecule has 1 aromatic carbocycles. The Morgan fingerprint density at radius 3 is 2.79 bits per heavy atom. The summed E-state index contributed by atoms with van der Waals surface area (Å²) in [6, 6.07) is 11.9. The van der Waals surface area contributed by atoms with Crippen molar-refractivity contribution in [1.82, 2.24) is 4.98 Å². The Bertz CT molecular complexity index is 712. The Labute approximate surface area is 123 Å². The summed E-state index contributed by atoms with van der Waals surface area (Å²) in [5.41, 5.74) is 4.89. The second kappa shape index (κ2) is 5.28. The SMILES string of the molecule is C/C(=N/Nc1nc2ccccc2s1)c1ccc(Cl)s1. The molecule has 2 aromatic heterocycles. The van der Waals surface area contributed by atoms with Gasteiger partial charge in [0.25, 0.3) is 0 Å². The minimum Gasteiger partial charge on any atom is -0.252 e. The number of halogens is 1. The molecule has 0 amide bonds. The zero-order valence-corrected chi connectivity index (χ0v) is 12.4. The molecule has 0 spiro atoms. The lowest BCUT2D eigenvalue weighted by Gasteiger charge is -1.96. The lowest BCUT2D eigenvalue weighted by atomic mass is 10.3. The van der Waals surface area contributed by atoms with Crippen molar-refractivity contribution >= 4 is 55.3 Å². The molecule has 0 fully saturated rings. The van der Waals surface area contributed by atoms with Crippen LogP contribution < -0.4 is 5.43 Å². The van der Waals surface area contributed by atoms with E-state index in [1.165, 1.54) is 11.3 Å². The lowest BCUT2D eigenvalue weighted by Crippen LogP contribution is -1.96. The van der Waals surface area contributed by atoms with Crippen LogP contribution in [0.3, 0.4) is 0 Å². The van der Waals surface area contributed by atoms with Crippen molar-refractivity contribution < 1.29 is 0 Å². The first-order chi connectivity index (χ1) is 9.22. The van der Waals surface area contributed by atoms with Crippen molar-refractivity contribution in [2.75, 3.05) is 5.43 Å². The van der Waals surface area contributed by atoms with E-state index in [9.17, 15) is 0 Å². The van der Waals surface area contributed by atoms with Crippen molar-refractivity contribution in [3.63, 3.8) is 0 Å². The number of benzene rings is 1. The number of anilines is 1. The van der Waals surface area contributed by atoms with E-state index in [2.05, 4.69) is 15.5 Å². The number of rotatable bonds is 3. The number of thiophene rings is 1. The second-order valence-electron chi connectivity index (χ2n) is 3.90. The normalized spacial score (nSPS) is 12.0. The van der Waals surface area contributed by atoms with Gasteiger partial charge in [-0.05, 0) is 31.2 Å². The molecule has 0 aliphatic rings. The van der Waals surface area contributed by atoms with E-state index in [1.54, 1.807) is 11.3 Å². The molecular formula is C13H10ClN3S2. The zero-order valence-electron chi connectivity index (χ0n) is 10.1. The molecule has 3 rings (SSSR count). The number of hydrazone groups is 1. The molecule has 3 aromatic rings. The first-order valence-electron chi connectivity index (χ1n) is 5.64. The van der Waals surface area contributed by atoms with E-state index in [4.69, 9.17) is 11.6 Å². The van der Waals surface area contributed by atoms with Crippen LogP contribution >= 0.6 is 34.3 Å². The van der Waals surface area contributed by atoms with Crippen LogP contribution in [0.25, 0.3) is 10.2 Å². The van der Waals surface area contributed by atoms with E-state index in [1.807, 2.05) is 43.3 Å². The summed E-state index contributed by atoms with van der Waals surface area (Å²) in [7, 11) is 0. The Kier molecular flexibility index (Phi) is 3.50. The quantitative estimate of drug-likeness (QED) is 0.555. The molecule has 0 aliphatic carbocycles. The molecule has 96 valence electrons. The summed E-state index contributed by atoms with van der Waals surface area (Å²) in [6.45, 7) is 1.95. The topological polar surface area (TPSA) is 37.3 Å². The van der Waals surface area contributed by atoms with Gasteiger partial charge in [-0.3, -0.25) is 5.43 Å². The predicted molar refractivity (Wildman–Crippen MR) is 84.8 cm³/mol. The molecule has 19 heavy (non-hydrogen) atoms. The van der Waals surface area contributed by atoms with Crippen LogP contribution in [0.1, 0.15) is 11.8 Å². The van der Waals surface area contributed by atoms with E-state index in [-0.39, 0.29) is 0 Å². The Morgan fingerprint density at radius 1 is 1.21 bits per heavy atom. The minimum absolute atomic E-state index is 0.768. The molecular weight excluding hydrogens is 298 g/mol. The van der Waals surface area contributed by atoms with Gasteiger partial charge in [0.2, 0.25) is 5.13 Å². The Morgan fingerprint density at radius 2 is 2.05 bits per heavy atom. The highest BCUT2D eigenvalue weighted by Gasteiger charge is 2.04. The summed E-state index contributed by atoms with van der Waals surface area (Å²) in [4.78, 5) is 5.52. The number of nitrogens with zero attached hydrogens (tertiary/aromatic N) is 2. The summed E-state index contributed by atoms with van der Waals surface area (Å²) in [5.74, 6) is 0. The zero-order chi connectivity index (χ0) is 13.2. The van der Waals surface area contributed by atoms with Crippen molar-refractivity contribution in [1.29, 1.82) is 0 Å². The van der Waals surface area contributed by atoms with Gasteiger partial charge in [-0.2, -0.15) is 5.10 Å². The smallest absolute Gasteiger partial charge is 0.204 e. The van der Waals surface area contributed by atoms with Gasteiger partial charge >= 0.3 is 0 Å². The number of para-hydroxylation sites is 1. The van der Waals surface area contributed by atoms with E-state index in [0.29, 0.717) is 0 Å². The van der Waals surface area contributed by atoms with Gasteiger partial charge in [-0.25, -0.2) is 4.98 Å². The molecule has 0 atom stereocenters. The highest BCUT2D eigenvalue weighted by atomic mass is 35.5. The average Bonchev–Trinajstić information content (AvgIpc) is 3.01. The highest BCUT2D eigenvalue weighted by Crippen LogP contribution is 2.26. The van der Waals surface area contributed by atoms with E-state index >= 15 is 0 Å². The van der Waals surface area contributed by atoms with E-state index in [0.717, 1.165) is 30.3 Å². The number of hydrogen-bond acceptors (Lipinski definition) is 5. The predicted octanol–water partition coefficient (Wildman–Crippen LogP) is 4.85. The molecule has 0 bridgehead atoms. The first kappa shape index (κ1) is 12.6. The Hall–Kier alpha value is -1.43. The fourth-order valence-corrected chi connectivity index (χ4v) is 3.41. The molecule has 0 unspecified atom stereocenters. The van der Waals surface area contributed by atoms with E-state index < -0.39 is 0 Å². The molecule has 0 aliphatic heterocycles. The van der Waals surface area contributed by atoms with Crippen molar-refractivity contribution in [2.45, 2.75) is 6.92 Å². The van der Waals surface area contributed by atoms with Gasteiger partial charge in [0.05, 0.1) is 25.1 Å². The third kappa shape index (κ3) is 2.78. The number of hydrogen-bond donors (Lipinski definition) is 1. The fourth-order valence-electron chi connectivity index (χ4n) is 1.62. The van der Waals surface area contributed by atoms with Crippen LogP contribution in [0.5, 0.6) is 0 Å². The number of thiazole rings is 1. The van der Waals surface area contributed by atoms with Gasteiger partial charge in [-0.15, -0.1) is 11.3 Å². The average molecular weight is 308 g/mol. The van der Waals surface area contributed by atoms with Gasteiger partial charge in [0.15, 0.2) is 0 Å². The highest BCUT2D eigenvalue weighted by molar-refractivity contribution is 7.22. The van der Waals surface area contributed by atoms with Crippen LogP contribution in [0.2, 0.25) is 4.34 Å². The molecule has 0 radical (unpaired) electrons. The standard InChI is InChI=1S/C13H10ClN3S2/c1-8(10-6-7-12(14)18-10)16-17-13-15-9-4-2-3-5-11(9)19-13/h2-7H,1H3,(H,15,17)/b16-8-. The number of nitrogens with one attached hydrogen (secondary N) is 1. The first-order valence-corrected chi connectivity index (χ1v) is 7.65. The second-order valence-corrected chi connectivity index (χ2v) is 6.65. The molecule has 6 heteroatoms. The van der Waals surface area contributed by atoms with Gasteiger partial charge < -0.3 is 0 Å². The van der Waals surface area contributed by atoms with Gasteiger partial charge in [0.1, 0.15) is 0 Å². The molecule has 1 N–H and O–H groups in total. The number of aromatic nitrogens is 1. The van der Waals surface area contributed by atoms with Crippen molar-refractivity contribution in [3.05, 3.63) is 45.6 Å². The molecule has 3 nitrogen and oxygen atoms in total. The molecule has 0 saturated carbocycles. The monoisotopic (exact) mass is 307 g/mol. The Balaban J connectivity index is 1.81. The van der Waals surface area contributed by atoms with Crippen LogP contribution in [-0.2, 0) is 0 Å². The maximum absolute atomic E-state index is 5.91. The van der Waals surface area contributed by atoms with Crippen LogP contribution in [0.4, 0.5) is 5.13 Å². The van der Waals surface area contributed by atoms with Gasteiger partial charge in [0, 0.05) is 0 Å². The summed E-state index contributed by atoms with van der Waals surface area (Å²) in [6.07, 6.45) is 0. The third-order valence-electron chi connectivity index (χ3n) is 2.54. The summed E-state index contributed by atoms with van der Waals surface area (Å²) >= 11 is 9.01. The van der Waals surface area contributed by atoms with Crippen LogP contribution in [0.15, 0.2) is 41.5 Å². The summed E-state index contributed by atoms with van der Waals surface area (Å²) in [5, 5.41) is 5.13. The lowest BCUT2D eigenvalue weighted by molar-refractivity contribution is 1.29. The van der Waals surface area contributed by atoms with Gasteiger partial charge in [-0.1, -0.05) is 35.1 Å². The maximum atomic E-state index is 5.91. The summed E-state index contributed by atoms with van der Waals surface area (Å²) < 4.78 is 1.92. The molecule has 2 heterocycles. The van der Waals surface area contributed by atoms with Crippen molar-refractivity contribution in [3.8, 4) is 0 Å². The van der Waals surface area contributed by atoms with Crippen LogP contribution in [0, 0.1) is 0 Å². The maximum Gasteiger partial charge on any atom is 0.204 e. The molecule has 0 saturated heterocycles. The van der Waals surface area contributed by atoms with Crippen LogP contribution in [-0.4, -0.2) is 10.7 Å². The van der Waals surface area contributed by atoms with Crippen molar-refractivity contribution in [2.24, 2.45) is 5.10 Å².